The molecule has 0 saturated carbocycles. The molecular weight excluding hydrogens is 420 g/mol. The number of anilines is 1. The third kappa shape index (κ3) is 5.01. The average Bonchev–Trinajstić information content (AvgIpc) is 2.82. The van der Waals surface area contributed by atoms with E-state index in [2.05, 4.69) is 57.7 Å². The van der Waals surface area contributed by atoms with Crippen molar-refractivity contribution in [2.75, 3.05) is 18.6 Å². The predicted molar refractivity (Wildman–Crippen MR) is 143 cm³/mol. The van der Waals surface area contributed by atoms with E-state index in [-0.39, 0.29) is 5.54 Å². The summed E-state index contributed by atoms with van der Waals surface area (Å²) in [5.41, 5.74) is 7.21. The number of allylic oxidation sites excluding steroid dienone is 1. The van der Waals surface area contributed by atoms with Crippen LogP contribution in [0.25, 0.3) is 5.57 Å². The normalized spacial score (nSPS) is 14.6. The van der Waals surface area contributed by atoms with Gasteiger partial charge in [-0.3, -0.25) is 4.99 Å². The van der Waals surface area contributed by atoms with Gasteiger partial charge in [0, 0.05) is 24.0 Å². The van der Waals surface area contributed by atoms with Crippen LogP contribution < -0.4 is 14.4 Å². The molecule has 0 unspecified atom stereocenters. The van der Waals surface area contributed by atoms with Crippen molar-refractivity contribution in [2.45, 2.75) is 46.6 Å². The lowest BCUT2D eigenvalue weighted by atomic mass is 9.87. The molecule has 0 fully saturated rings. The van der Waals surface area contributed by atoms with Gasteiger partial charge in [0.25, 0.3) is 0 Å². The molecule has 0 N–H and O–H groups in total. The van der Waals surface area contributed by atoms with Gasteiger partial charge in [0.2, 0.25) is 0 Å². The SMILES string of the molecule is CCCN1c2cc(C)c(C=Nc3ccc(Oc4ccc(OC)cc4)cc3)cc2C(C)=CC1(C)C. The number of nitrogens with zero attached hydrogens (tertiary/aromatic N) is 2. The third-order valence-electron chi connectivity index (χ3n) is 6.30. The molecule has 34 heavy (non-hydrogen) atoms. The molecule has 4 nitrogen and oxygen atoms in total. The smallest absolute Gasteiger partial charge is 0.127 e. The van der Waals surface area contributed by atoms with Crippen molar-refractivity contribution in [1.29, 1.82) is 0 Å². The second-order valence-corrected chi connectivity index (χ2v) is 9.39. The van der Waals surface area contributed by atoms with Gasteiger partial charge in [-0.15, -0.1) is 0 Å². The number of aliphatic imine (C=N–C) groups is 1. The largest absolute Gasteiger partial charge is 0.497 e. The molecule has 1 heterocycles. The topological polar surface area (TPSA) is 34.1 Å². The zero-order valence-electron chi connectivity index (χ0n) is 21.1. The summed E-state index contributed by atoms with van der Waals surface area (Å²) < 4.78 is 11.1. The van der Waals surface area contributed by atoms with Gasteiger partial charge in [-0.1, -0.05) is 13.0 Å². The average molecular weight is 455 g/mol. The Morgan fingerprint density at radius 1 is 0.912 bits per heavy atom. The van der Waals surface area contributed by atoms with Crippen molar-refractivity contribution in [3.05, 3.63) is 83.4 Å². The Morgan fingerprint density at radius 2 is 1.53 bits per heavy atom. The number of rotatable bonds is 7. The molecule has 0 radical (unpaired) electrons. The Hall–Kier alpha value is -3.53. The van der Waals surface area contributed by atoms with E-state index in [1.54, 1.807) is 7.11 Å². The molecule has 176 valence electrons. The zero-order valence-corrected chi connectivity index (χ0v) is 21.1. The highest BCUT2D eigenvalue weighted by atomic mass is 16.5. The minimum absolute atomic E-state index is 0.0186. The Balaban J connectivity index is 1.53. The fourth-order valence-corrected chi connectivity index (χ4v) is 4.54. The molecule has 4 rings (SSSR count). The number of aryl methyl sites for hydroxylation is 1. The van der Waals surface area contributed by atoms with Crippen LogP contribution in [0.1, 0.15) is 50.8 Å². The molecule has 4 heteroatoms. The van der Waals surface area contributed by atoms with Crippen LogP contribution in [0.3, 0.4) is 0 Å². The molecule has 0 spiro atoms. The fourth-order valence-electron chi connectivity index (χ4n) is 4.54. The van der Waals surface area contributed by atoms with Crippen LogP contribution in [0.2, 0.25) is 0 Å². The highest BCUT2D eigenvalue weighted by Crippen LogP contribution is 2.40. The van der Waals surface area contributed by atoms with Crippen molar-refractivity contribution in [3.8, 4) is 17.2 Å². The van der Waals surface area contributed by atoms with E-state index < -0.39 is 0 Å². The second-order valence-electron chi connectivity index (χ2n) is 9.39. The first-order valence-corrected chi connectivity index (χ1v) is 11.9. The van der Waals surface area contributed by atoms with Crippen molar-refractivity contribution >= 4 is 23.2 Å². The summed E-state index contributed by atoms with van der Waals surface area (Å²) in [6.07, 6.45) is 5.46. The van der Waals surface area contributed by atoms with Gasteiger partial charge in [0.15, 0.2) is 0 Å². The molecule has 0 amide bonds. The minimum atomic E-state index is 0.0186. The van der Waals surface area contributed by atoms with E-state index in [1.807, 2.05) is 54.7 Å². The Labute approximate surface area is 203 Å². The summed E-state index contributed by atoms with van der Waals surface area (Å²) in [4.78, 5) is 7.25. The summed E-state index contributed by atoms with van der Waals surface area (Å²) in [6.45, 7) is 12.2. The van der Waals surface area contributed by atoms with E-state index in [0.717, 1.165) is 41.5 Å². The highest BCUT2D eigenvalue weighted by molar-refractivity contribution is 5.90. The molecule has 1 aliphatic heterocycles. The Kier molecular flexibility index (Phi) is 6.78. The van der Waals surface area contributed by atoms with Crippen LogP contribution >= 0.6 is 0 Å². The van der Waals surface area contributed by atoms with Crippen LogP contribution in [-0.4, -0.2) is 25.4 Å². The summed E-state index contributed by atoms with van der Waals surface area (Å²) in [7, 11) is 1.65. The maximum absolute atomic E-state index is 5.92. The van der Waals surface area contributed by atoms with Crippen LogP contribution in [0.5, 0.6) is 17.2 Å². The molecule has 0 aliphatic carbocycles. The monoisotopic (exact) mass is 454 g/mol. The van der Waals surface area contributed by atoms with E-state index in [9.17, 15) is 0 Å². The lowest BCUT2D eigenvalue weighted by Crippen LogP contribution is -2.45. The predicted octanol–water partition coefficient (Wildman–Crippen LogP) is 7.96. The lowest BCUT2D eigenvalue weighted by molar-refractivity contribution is 0.413. The van der Waals surface area contributed by atoms with Gasteiger partial charge < -0.3 is 14.4 Å². The van der Waals surface area contributed by atoms with Crippen molar-refractivity contribution in [3.63, 3.8) is 0 Å². The van der Waals surface area contributed by atoms with Crippen LogP contribution in [-0.2, 0) is 0 Å². The number of hydrogen-bond acceptors (Lipinski definition) is 4. The van der Waals surface area contributed by atoms with Gasteiger partial charge in [-0.05, 0) is 111 Å². The first-order valence-electron chi connectivity index (χ1n) is 11.9. The number of methoxy groups -OCH3 is 1. The van der Waals surface area contributed by atoms with Gasteiger partial charge in [0.05, 0.1) is 18.3 Å². The van der Waals surface area contributed by atoms with Crippen molar-refractivity contribution < 1.29 is 9.47 Å². The molecule has 3 aromatic carbocycles. The first-order chi connectivity index (χ1) is 16.3. The molecule has 0 bridgehead atoms. The second kappa shape index (κ2) is 9.76. The summed E-state index contributed by atoms with van der Waals surface area (Å²) in [5.74, 6) is 2.35. The summed E-state index contributed by atoms with van der Waals surface area (Å²) in [6, 6.07) is 20.0. The van der Waals surface area contributed by atoms with Crippen LogP contribution in [0.4, 0.5) is 11.4 Å². The van der Waals surface area contributed by atoms with E-state index in [0.29, 0.717) is 0 Å². The molecule has 0 atom stereocenters. The summed E-state index contributed by atoms with van der Waals surface area (Å²) in [5, 5.41) is 0. The minimum Gasteiger partial charge on any atom is -0.497 e. The van der Waals surface area contributed by atoms with Crippen LogP contribution in [0, 0.1) is 6.92 Å². The van der Waals surface area contributed by atoms with Gasteiger partial charge in [0.1, 0.15) is 17.2 Å². The molecule has 3 aromatic rings. The quantitative estimate of drug-likeness (QED) is 0.340. The van der Waals surface area contributed by atoms with Gasteiger partial charge in [-0.2, -0.15) is 0 Å². The fraction of sp³-hybridized carbons (Fsp3) is 0.300. The lowest BCUT2D eigenvalue weighted by Gasteiger charge is -2.43. The zero-order chi connectivity index (χ0) is 24.3. The summed E-state index contributed by atoms with van der Waals surface area (Å²) >= 11 is 0. The highest BCUT2D eigenvalue weighted by Gasteiger charge is 2.31. The van der Waals surface area contributed by atoms with Gasteiger partial charge in [-0.25, -0.2) is 0 Å². The first kappa shape index (κ1) is 23.6. The number of ether oxygens (including phenoxy) is 2. The standard InChI is InChI=1S/C30H34N2O2/c1-7-16-32-29-17-21(2)23(18-28(29)22(3)19-30(32,4)5)20-31-24-8-10-26(11-9-24)34-27-14-12-25(33-6)13-15-27/h8-15,17-20H,7,16H2,1-6H3. The van der Waals surface area contributed by atoms with Gasteiger partial charge >= 0.3 is 0 Å². The molecular formula is C30H34N2O2. The Bertz CT molecular complexity index is 1210. The number of fused-ring (bicyclic) bond motifs is 1. The van der Waals surface area contributed by atoms with E-state index in [4.69, 9.17) is 14.5 Å². The van der Waals surface area contributed by atoms with Crippen LogP contribution in [0.15, 0.2) is 71.7 Å². The molecule has 0 aromatic heterocycles. The van der Waals surface area contributed by atoms with E-state index >= 15 is 0 Å². The number of benzene rings is 3. The Morgan fingerprint density at radius 3 is 2.15 bits per heavy atom. The third-order valence-corrected chi connectivity index (χ3v) is 6.30. The number of hydrogen-bond donors (Lipinski definition) is 0. The molecule has 1 aliphatic rings. The van der Waals surface area contributed by atoms with Crippen molar-refractivity contribution in [1.82, 2.24) is 0 Å². The maximum Gasteiger partial charge on any atom is 0.127 e. The van der Waals surface area contributed by atoms with E-state index in [1.165, 1.54) is 22.4 Å². The molecule has 0 saturated heterocycles. The maximum atomic E-state index is 5.92. The van der Waals surface area contributed by atoms with Crippen molar-refractivity contribution in [2.24, 2.45) is 4.99 Å².